The maximum absolute atomic E-state index is 12.6. The number of nitrogen functional groups attached to an aromatic ring is 1. The van der Waals surface area contributed by atoms with Crippen molar-refractivity contribution >= 4 is 30.8 Å². The van der Waals surface area contributed by atoms with E-state index >= 15 is 0 Å². The number of anilines is 1. The molecule has 15 heteroatoms. The predicted octanol–water partition coefficient (Wildman–Crippen LogP) is 0.153. The molecule has 1 aliphatic heterocycles. The summed E-state index contributed by atoms with van der Waals surface area (Å²) in [6.07, 6.45) is -0.498. The van der Waals surface area contributed by atoms with Crippen LogP contribution in [0, 0.1) is 5.92 Å². The number of nitrogens with two attached hydrogens (primary N) is 2. The fraction of sp³-hybridized carbons (Fsp3) is 0.684. The highest BCUT2D eigenvalue weighted by Crippen LogP contribution is 2.38. The van der Waals surface area contributed by atoms with Gasteiger partial charge in [-0.05, 0) is 19.8 Å². The summed E-state index contributed by atoms with van der Waals surface area (Å²) in [4.78, 5) is 24.5. The van der Waals surface area contributed by atoms with Gasteiger partial charge in [0.15, 0.2) is 11.2 Å². The maximum atomic E-state index is 12.6. The summed E-state index contributed by atoms with van der Waals surface area (Å²) in [7, 11) is -2.46. The lowest BCUT2D eigenvalue weighted by Gasteiger charge is -2.30. The molecule has 3 heterocycles. The minimum Gasteiger partial charge on any atom is -0.479 e. The Bertz CT molecular complexity index is 1080. The molecule has 0 radical (unpaired) electrons. The van der Waals surface area contributed by atoms with Crippen LogP contribution in [0.4, 0.5) is 5.95 Å². The summed E-state index contributed by atoms with van der Waals surface area (Å²) in [5.74, 6) is -0.256. The summed E-state index contributed by atoms with van der Waals surface area (Å²) < 4.78 is 35.6. The Labute approximate surface area is 196 Å². The lowest BCUT2D eigenvalue weighted by Crippen LogP contribution is -2.45. The number of esters is 1. The third kappa shape index (κ3) is 5.48. The monoisotopic (exact) mass is 501 g/mol. The molecule has 2 aromatic heterocycles. The van der Waals surface area contributed by atoms with Gasteiger partial charge in [-0.2, -0.15) is 9.97 Å². The van der Waals surface area contributed by atoms with Crippen LogP contribution in [0.1, 0.15) is 27.7 Å². The van der Waals surface area contributed by atoms with Gasteiger partial charge < -0.3 is 34.1 Å². The molecular weight excluding hydrogens is 469 g/mol. The Kier molecular flexibility index (Phi) is 7.80. The van der Waals surface area contributed by atoms with E-state index in [0.717, 1.165) is 0 Å². The molecule has 0 spiro atoms. The first-order chi connectivity index (χ1) is 15.9. The van der Waals surface area contributed by atoms with E-state index in [0.29, 0.717) is 11.2 Å². The molecule has 0 saturated carbocycles. The van der Waals surface area contributed by atoms with E-state index in [1.54, 1.807) is 11.5 Å². The van der Waals surface area contributed by atoms with Crippen molar-refractivity contribution in [2.45, 2.75) is 51.5 Å². The number of aliphatic hydroxyl groups is 1. The quantitative estimate of drug-likeness (QED) is 0.254. The summed E-state index contributed by atoms with van der Waals surface area (Å²) in [5, 5.41) is 13.5. The highest BCUT2D eigenvalue weighted by atomic mass is 31.2. The molecule has 190 valence electrons. The van der Waals surface area contributed by atoms with Crippen LogP contribution in [0.25, 0.3) is 11.2 Å². The van der Waals surface area contributed by atoms with Crippen molar-refractivity contribution in [3.8, 4) is 5.88 Å². The normalized spacial score (nSPS) is 25.4. The molecule has 34 heavy (non-hydrogen) atoms. The van der Waals surface area contributed by atoms with E-state index in [4.69, 9.17) is 30.0 Å². The molecule has 0 aliphatic carbocycles. The number of fused-ring (bicyclic) bond motifs is 1. The van der Waals surface area contributed by atoms with E-state index in [2.05, 4.69) is 20.0 Å². The Morgan fingerprint density at radius 2 is 2.15 bits per heavy atom. The first-order valence-electron chi connectivity index (χ1n) is 10.7. The van der Waals surface area contributed by atoms with Gasteiger partial charge in [0, 0.05) is 0 Å². The Hall–Kier alpha value is -2.35. The van der Waals surface area contributed by atoms with Gasteiger partial charge >= 0.3 is 13.6 Å². The summed E-state index contributed by atoms with van der Waals surface area (Å²) in [6.45, 7) is 7.01. The van der Waals surface area contributed by atoms with Crippen molar-refractivity contribution in [2.24, 2.45) is 11.4 Å². The minimum atomic E-state index is -3.90. The molecule has 14 nitrogen and oxygen atoms in total. The molecule has 1 aliphatic rings. The smallest absolute Gasteiger partial charge is 0.338 e. The van der Waals surface area contributed by atoms with Crippen LogP contribution in [0.15, 0.2) is 6.33 Å². The zero-order valence-electron chi connectivity index (χ0n) is 19.8. The number of methoxy groups -OCH3 is 1. The first-order valence-corrected chi connectivity index (χ1v) is 12.4. The SMILES string of the molecule is COc1nc(N)nc2c1ncn2C1(C)COC(COP(N)(=O)NC(C)C(=O)OCC(C)C)C1O. The summed E-state index contributed by atoms with van der Waals surface area (Å²) in [6, 6.07) is -0.952. The molecule has 2 aromatic rings. The van der Waals surface area contributed by atoms with Gasteiger partial charge in [-0.1, -0.05) is 13.8 Å². The molecule has 1 saturated heterocycles. The average molecular weight is 501 g/mol. The number of rotatable bonds is 10. The molecule has 1 fully saturated rings. The van der Waals surface area contributed by atoms with Crippen molar-refractivity contribution in [2.75, 3.05) is 32.7 Å². The van der Waals surface area contributed by atoms with Crippen molar-refractivity contribution < 1.29 is 33.2 Å². The molecule has 3 rings (SSSR count). The van der Waals surface area contributed by atoms with Crippen molar-refractivity contribution in [3.63, 3.8) is 0 Å². The summed E-state index contributed by atoms with van der Waals surface area (Å²) in [5.41, 5.74) is 11.2. The second kappa shape index (κ2) is 10.1. The van der Waals surface area contributed by atoms with Crippen LogP contribution in [0.2, 0.25) is 0 Å². The number of hydrogen-bond acceptors (Lipinski definition) is 11. The number of nitrogens with zero attached hydrogens (tertiary/aromatic N) is 4. The van der Waals surface area contributed by atoms with Crippen LogP contribution in [-0.2, 0) is 28.9 Å². The predicted molar refractivity (Wildman–Crippen MR) is 122 cm³/mol. The van der Waals surface area contributed by atoms with Gasteiger partial charge in [0.25, 0.3) is 0 Å². The zero-order chi connectivity index (χ0) is 25.3. The third-order valence-electron chi connectivity index (χ3n) is 5.42. The van der Waals surface area contributed by atoms with Crippen LogP contribution in [0.5, 0.6) is 5.88 Å². The fourth-order valence-electron chi connectivity index (χ4n) is 3.53. The Morgan fingerprint density at radius 3 is 2.79 bits per heavy atom. The second-order valence-corrected chi connectivity index (χ2v) is 10.5. The van der Waals surface area contributed by atoms with Gasteiger partial charge in [0.1, 0.15) is 18.2 Å². The number of aliphatic hydroxyl groups excluding tert-OH is 1. The van der Waals surface area contributed by atoms with Gasteiger partial charge in [0.2, 0.25) is 11.8 Å². The van der Waals surface area contributed by atoms with Gasteiger partial charge in [0.05, 0.1) is 38.8 Å². The van der Waals surface area contributed by atoms with Crippen molar-refractivity contribution in [1.82, 2.24) is 24.6 Å². The van der Waals surface area contributed by atoms with E-state index in [1.807, 2.05) is 13.8 Å². The Morgan fingerprint density at radius 1 is 1.44 bits per heavy atom. The molecule has 5 unspecified atom stereocenters. The Balaban J connectivity index is 1.67. The first kappa shape index (κ1) is 26.3. The number of nitrogens with one attached hydrogen (secondary N) is 1. The highest BCUT2D eigenvalue weighted by Gasteiger charge is 2.48. The lowest BCUT2D eigenvalue weighted by molar-refractivity contribution is -0.146. The van der Waals surface area contributed by atoms with Crippen LogP contribution >= 0.6 is 7.67 Å². The maximum Gasteiger partial charge on any atom is 0.338 e. The van der Waals surface area contributed by atoms with Gasteiger partial charge in [-0.15, -0.1) is 0 Å². The summed E-state index contributed by atoms with van der Waals surface area (Å²) >= 11 is 0. The van der Waals surface area contributed by atoms with E-state index < -0.39 is 37.4 Å². The molecule has 5 atom stereocenters. The fourth-order valence-corrected chi connectivity index (χ4v) is 4.62. The van der Waals surface area contributed by atoms with Crippen molar-refractivity contribution in [1.29, 1.82) is 0 Å². The number of imidazole rings is 1. The number of hydrogen-bond donors (Lipinski definition) is 4. The third-order valence-corrected chi connectivity index (χ3v) is 6.70. The largest absolute Gasteiger partial charge is 0.479 e. The minimum absolute atomic E-state index is 0.0147. The van der Waals surface area contributed by atoms with Crippen LogP contribution in [0.3, 0.4) is 0 Å². The van der Waals surface area contributed by atoms with E-state index in [9.17, 15) is 14.5 Å². The van der Waals surface area contributed by atoms with Gasteiger partial charge in [-0.3, -0.25) is 9.36 Å². The van der Waals surface area contributed by atoms with E-state index in [1.165, 1.54) is 20.4 Å². The number of carbonyl (C=O) groups excluding carboxylic acids is 1. The average Bonchev–Trinajstić information content (AvgIpc) is 3.31. The second-order valence-electron chi connectivity index (χ2n) is 8.80. The number of ether oxygens (including phenoxy) is 3. The number of carbonyl (C=O) groups is 1. The van der Waals surface area contributed by atoms with Crippen molar-refractivity contribution in [3.05, 3.63) is 6.33 Å². The standard InChI is InChI=1S/C19H32N7O7P/c1-10(2)6-31-17(28)11(3)25-34(21,29)33-7-12-14(27)19(4,8-32-12)26-9-22-13-15(26)23-18(20)24-16(13)30-5/h9-12,14,27H,6-8H2,1-5H3,(H2,20,23,24)(H3,21,25,29). The van der Waals surface area contributed by atoms with Crippen LogP contribution in [-0.4, -0.2) is 75.8 Å². The molecular formula is C19H32N7O7P. The number of aromatic nitrogens is 4. The van der Waals surface area contributed by atoms with Crippen LogP contribution < -0.4 is 21.1 Å². The topological polar surface area (TPSA) is 199 Å². The highest BCUT2D eigenvalue weighted by molar-refractivity contribution is 7.54. The zero-order valence-corrected chi connectivity index (χ0v) is 20.7. The van der Waals surface area contributed by atoms with Gasteiger partial charge in [-0.25, -0.2) is 15.6 Å². The molecule has 0 aromatic carbocycles. The molecule has 6 N–H and O–H groups in total. The molecule has 0 bridgehead atoms. The lowest BCUT2D eigenvalue weighted by atomic mass is 9.94. The van der Waals surface area contributed by atoms with E-state index in [-0.39, 0.29) is 37.6 Å². The molecule has 0 amide bonds.